The van der Waals surface area contributed by atoms with Gasteiger partial charge in [0.1, 0.15) is 0 Å². The molecule has 1 aliphatic carbocycles. The fourth-order valence-corrected chi connectivity index (χ4v) is 2.49. The Morgan fingerprint density at radius 1 is 1.37 bits per heavy atom. The summed E-state index contributed by atoms with van der Waals surface area (Å²) in [5.74, 6) is 0.0136. The minimum Gasteiger partial charge on any atom is -0.339 e. The van der Waals surface area contributed by atoms with Crippen LogP contribution in [0.4, 0.5) is 0 Å². The highest BCUT2D eigenvalue weighted by Gasteiger charge is 2.21. The van der Waals surface area contributed by atoms with Crippen molar-refractivity contribution in [3.05, 3.63) is 41.5 Å². The van der Waals surface area contributed by atoms with Gasteiger partial charge in [0.2, 0.25) is 5.91 Å². The summed E-state index contributed by atoms with van der Waals surface area (Å²) in [6, 6.07) is 9.79. The lowest BCUT2D eigenvalue weighted by molar-refractivity contribution is -0.126. The van der Waals surface area contributed by atoms with Gasteiger partial charge in [-0.05, 0) is 30.5 Å². The molecule has 3 heteroatoms. The molecular weight excluding hydrogens is 236 g/mol. The van der Waals surface area contributed by atoms with Gasteiger partial charge in [0, 0.05) is 19.2 Å². The first-order valence-electron chi connectivity index (χ1n) is 6.66. The number of rotatable bonds is 3. The summed E-state index contributed by atoms with van der Waals surface area (Å²) < 4.78 is 0. The van der Waals surface area contributed by atoms with Crippen molar-refractivity contribution in [3.63, 3.8) is 0 Å². The third-order valence-electron chi connectivity index (χ3n) is 3.71. The third kappa shape index (κ3) is 3.23. The highest BCUT2D eigenvalue weighted by Crippen LogP contribution is 2.22. The zero-order chi connectivity index (χ0) is 13.7. The molecule has 0 heterocycles. The molecule has 0 N–H and O–H groups in total. The molecule has 1 aromatic carbocycles. The summed E-state index contributed by atoms with van der Waals surface area (Å²) in [5, 5.41) is 8.99. The van der Waals surface area contributed by atoms with Crippen molar-refractivity contribution in [2.75, 3.05) is 7.05 Å². The molecule has 1 aromatic rings. The topological polar surface area (TPSA) is 44.1 Å². The third-order valence-corrected chi connectivity index (χ3v) is 3.71. The van der Waals surface area contributed by atoms with Crippen molar-refractivity contribution >= 4 is 12.0 Å². The summed E-state index contributed by atoms with van der Waals surface area (Å²) >= 11 is 0. The number of likely N-dealkylation sites (N-methyl/N-ethyl adjacent to an activating group) is 1. The van der Waals surface area contributed by atoms with E-state index in [9.17, 15) is 4.79 Å². The highest BCUT2D eigenvalue weighted by atomic mass is 16.2. The number of hydrogen-bond acceptors (Lipinski definition) is 2. The SMILES string of the molecule is CN(C(=O)/C=C\c1ccccc1C#N)C1CCCC1. The van der Waals surface area contributed by atoms with Gasteiger partial charge in [-0.15, -0.1) is 0 Å². The second-order valence-corrected chi connectivity index (χ2v) is 4.92. The number of nitriles is 1. The average molecular weight is 254 g/mol. The lowest BCUT2D eigenvalue weighted by Gasteiger charge is -2.22. The van der Waals surface area contributed by atoms with Crippen molar-refractivity contribution in [3.8, 4) is 6.07 Å². The summed E-state index contributed by atoms with van der Waals surface area (Å²) in [4.78, 5) is 13.9. The van der Waals surface area contributed by atoms with Gasteiger partial charge in [0.25, 0.3) is 0 Å². The van der Waals surface area contributed by atoms with E-state index in [-0.39, 0.29) is 5.91 Å². The van der Waals surface area contributed by atoms with Crippen LogP contribution in [0.3, 0.4) is 0 Å². The van der Waals surface area contributed by atoms with Crippen LogP contribution in [-0.2, 0) is 4.79 Å². The molecule has 1 amide bonds. The van der Waals surface area contributed by atoms with E-state index in [0.29, 0.717) is 11.6 Å². The Bertz CT molecular complexity index is 522. The molecule has 0 aromatic heterocycles. The number of carbonyl (C=O) groups excluding carboxylic acids is 1. The normalized spacial score (nSPS) is 15.6. The molecule has 0 aliphatic heterocycles. The fourth-order valence-electron chi connectivity index (χ4n) is 2.49. The van der Waals surface area contributed by atoms with Crippen LogP contribution in [0.5, 0.6) is 0 Å². The Kier molecular flexibility index (Phi) is 4.35. The predicted molar refractivity (Wildman–Crippen MR) is 75.2 cm³/mol. The van der Waals surface area contributed by atoms with Gasteiger partial charge in [-0.1, -0.05) is 31.0 Å². The predicted octanol–water partition coefficient (Wildman–Crippen LogP) is 2.97. The lowest BCUT2D eigenvalue weighted by Crippen LogP contribution is -2.33. The van der Waals surface area contributed by atoms with Crippen LogP contribution in [0.15, 0.2) is 30.3 Å². The Labute approximate surface area is 114 Å². The van der Waals surface area contributed by atoms with Gasteiger partial charge in [-0.2, -0.15) is 5.26 Å². The molecule has 3 nitrogen and oxygen atoms in total. The van der Waals surface area contributed by atoms with E-state index in [0.717, 1.165) is 18.4 Å². The molecule has 1 aliphatic rings. The van der Waals surface area contributed by atoms with Crippen molar-refractivity contribution in [1.82, 2.24) is 4.90 Å². The summed E-state index contributed by atoms with van der Waals surface area (Å²) in [6.45, 7) is 0. The Balaban J connectivity index is 2.05. The van der Waals surface area contributed by atoms with E-state index >= 15 is 0 Å². The van der Waals surface area contributed by atoms with Crippen molar-refractivity contribution in [2.45, 2.75) is 31.7 Å². The van der Waals surface area contributed by atoms with E-state index in [2.05, 4.69) is 6.07 Å². The molecule has 0 radical (unpaired) electrons. The summed E-state index contributed by atoms with van der Waals surface area (Å²) in [7, 11) is 1.86. The molecule has 1 saturated carbocycles. The fraction of sp³-hybridized carbons (Fsp3) is 0.375. The second-order valence-electron chi connectivity index (χ2n) is 4.92. The summed E-state index contributed by atoms with van der Waals surface area (Å²) in [5.41, 5.74) is 1.38. The minimum atomic E-state index is 0.0136. The Hall–Kier alpha value is -2.08. The van der Waals surface area contributed by atoms with Gasteiger partial charge in [-0.3, -0.25) is 4.79 Å². The molecule has 0 spiro atoms. The number of hydrogen-bond donors (Lipinski definition) is 0. The largest absolute Gasteiger partial charge is 0.339 e. The number of carbonyl (C=O) groups is 1. The van der Waals surface area contributed by atoms with Crippen molar-refractivity contribution in [2.24, 2.45) is 0 Å². The number of benzene rings is 1. The van der Waals surface area contributed by atoms with E-state index in [1.807, 2.05) is 30.1 Å². The molecule has 0 unspecified atom stereocenters. The van der Waals surface area contributed by atoms with E-state index in [4.69, 9.17) is 5.26 Å². The van der Waals surface area contributed by atoms with Gasteiger partial charge in [0.05, 0.1) is 11.6 Å². The maximum absolute atomic E-state index is 12.1. The van der Waals surface area contributed by atoms with Crippen LogP contribution in [-0.4, -0.2) is 23.9 Å². The highest BCUT2D eigenvalue weighted by molar-refractivity contribution is 5.92. The molecule has 19 heavy (non-hydrogen) atoms. The van der Waals surface area contributed by atoms with Crippen LogP contribution in [0.25, 0.3) is 6.08 Å². The molecule has 98 valence electrons. The Morgan fingerprint density at radius 2 is 2.05 bits per heavy atom. The minimum absolute atomic E-state index is 0.0136. The first kappa shape index (κ1) is 13.4. The first-order valence-corrected chi connectivity index (χ1v) is 6.66. The van der Waals surface area contributed by atoms with Gasteiger partial charge >= 0.3 is 0 Å². The maximum Gasteiger partial charge on any atom is 0.246 e. The van der Waals surface area contributed by atoms with E-state index in [1.165, 1.54) is 12.8 Å². The number of amides is 1. The Morgan fingerprint density at radius 3 is 2.74 bits per heavy atom. The molecule has 0 atom stereocenters. The molecule has 0 bridgehead atoms. The molecule has 1 fully saturated rings. The maximum atomic E-state index is 12.1. The zero-order valence-electron chi connectivity index (χ0n) is 11.2. The second kappa shape index (κ2) is 6.19. The van der Waals surface area contributed by atoms with Crippen molar-refractivity contribution < 1.29 is 4.79 Å². The van der Waals surface area contributed by atoms with Gasteiger partial charge in [-0.25, -0.2) is 0 Å². The molecular formula is C16H18N2O. The molecule has 2 rings (SSSR count). The van der Waals surface area contributed by atoms with Gasteiger partial charge < -0.3 is 4.90 Å². The number of nitrogens with zero attached hydrogens (tertiary/aromatic N) is 2. The van der Waals surface area contributed by atoms with Crippen molar-refractivity contribution in [1.29, 1.82) is 5.26 Å². The average Bonchev–Trinajstić information content (AvgIpc) is 2.98. The monoisotopic (exact) mass is 254 g/mol. The van der Waals surface area contributed by atoms with Gasteiger partial charge in [0.15, 0.2) is 0 Å². The molecule has 0 saturated heterocycles. The first-order chi connectivity index (χ1) is 9.22. The van der Waals surface area contributed by atoms with Crippen LogP contribution < -0.4 is 0 Å². The smallest absolute Gasteiger partial charge is 0.246 e. The summed E-state index contributed by atoms with van der Waals surface area (Å²) in [6.07, 6.45) is 7.92. The van der Waals surface area contributed by atoms with Crippen LogP contribution >= 0.6 is 0 Å². The zero-order valence-corrected chi connectivity index (χ0v) is 11.2. The van der Waals surface area contributed by atoms with Crippen LogP contribution in [0.2, 0.25) is 0 Å². The van der Waals surface area contributed by atoms with Crippen LogP contribution in [0.1, 0.15) is 36.8 Å². The lowest BCUT2D eigenvalue weighted by atomic mass is 10.1. The van der Waals surface area contributed by atoms with E-state index < -0.39 is 0 Å². The van der Waals surface area contributed by atoms with E-state index in [1.54, 1.807) is 18.2 Å². The quantitative estimate of drug-likeness (QED) is 0.778. The van der Waals surface area contributed by atoms with Crippen LogP contribution in [0, 0.1) is 11.3 Å². The standard InChI is InChI=1S/C16H18N2O/c1-18(15-8-4-5-9-15)16(19)11-10-13-6-2-3-7-14(13)12-17/h2-3,6-7,10-11,15H,4-5,8-9H2,1H3/b11-10-.